The number of oxazole rings is 1. The molecule has 22 heavy (non-hydrogen) atoms. The van der Waals surface area contributed by atoms with E-state index in [1.54, 1.807) is 25.3 Å². The van der Waals surface area contributed by atoms with E-state index in [4.69, 9.17) is 4.74 Å². The van der Waals surface area contributed by atoms with E-state index in [-0.39, 0.29) is 6.42 Å². The van der Waals surface area contributed by atoms with E-state index >= 15 is 0 Å². The molecule has 0 aliphatic heterocycles. The molecule has 0 radical (unpaired) electrons. The minimum atomic E-state index is -4.61. The largest absolute Gasteiger partial charge is 0.436 e. The maximum absolute atomic E-state index is 12.4. The van der Waals surface area contributed by atoms with Crippen molar-refractivity contribution in [3.05, 3.63) is 47.3 Å². The molecule has 1 aromatic carbocycles. The van der Waals surface area contributed by atoms with Crippen LogP contribution in [0.15, 0.2) is 34.9 Å². The number of nitrogens with one attached hydrogen (secondary N) is 1. The van der Waals surface area contributed by atoms with Gasteiger partial charge in [-0.2, -0.15) is 18.2 Å². The number of alkyl halides is 3. The van der Waals surface area contributed by atoms with Gasteiger partial charge in [0.1, 0.15) is 6.26 Å². The highest BCUT2D eigenvalue weighted by molar-refractivity contribution is 5.90. The molecule has 0 fully saturated rings. The number of benzene rings is 1. The highest BCUT2D eigenvalue weighted by Crippen LogP contribution is 2.29. The lowest BCUT2D eigenvalue weighted by Gasteiger charge is -2.04. The molecular weight excluding hydrogens is 301 g/mol. The van der Waals surface area contributed by atoms with E-state index in [1.165, 1.54) is 0 Å². The molecule has 2 aromatic rings. The monoisotopic (exact) mass is 314 g/mol. The predicted octanol–water partition coefficient (Wildman–Crippen LogP) is 3.02. The first kappa shape index (κ1) is 16.0. The van der Waals surface area contributed by atoms with Gasteiger partial charge in [-0.3, -0.25) is 10.1 Å². The third kappa shape index (κ3) is 4.32. The summed E-state index contributed by atoms with van der Waals surface area (Å²) in [7, 11) is 1.56. The molecule has 118 valence electrons. The Hall–Kier alpha value is -2.35. The van der Waals surface area contributed by atoms with Crippen LogP contribution in [-0.2, 0) is 28.7 Å². The third-order valence-electron chi connectivity index (χ3n) is 2.71. The molecule has 1 amide bonds. The fraction of sp³-hybridized carbons (Fsp3) is 0.286. The lowest BCUT2D eigenvalue weighted by Crippen LogP contribution is -2.15. The quantitative estimate of drug-likeness (QED) is 0.921. The molecule has 0 atom stereocenters. The molecule has 1 aromatic heterocycles. The minimum absolute atomic E-state index is 0.0126. The standard InChI is InChI=1S/C14H13F3N2O3/c1-21-7-10-4-2-3-9(5-10)6-12(20)19-13-18-11(8-22-13)14(15,16)17/h2-5,8H,6-7H2,1H3,(H,18,19,20). The molecule has 1 N–H and O–H groups in total. The van der Waals surface area contributed by atoms with Crippen molar-refractivity contribution in [3.8, 4) is 0 Å². The second-order valence-corrected chi connectivity index (χ2v) is 4.51. The first-order valence-electron chi connectivity index (χ1n) is 6.28. The Bertz CT molecular complexity index is 653. The number of rotatable bonds is 5. The van der Waals surface area contributed by atoms with Crippen LogP contribution in [0.5, 0.6) is 0 Å². The molecule has 5 nitrogen and oxygen atoms in total. The van der Waals surface area contributed by atoms with Crippen molar-refractivity contribution in [2.24, 2.45) is 0 Å². The van der Waals surface area contributed by atoms with Crippen LogP contribution in [0, 0.1) is 0 Å². The number of hydrogen-bond acceptors (Lipinski definition) is 4. The molecule has 2 rings (SSSR count). The summed E-state index contributed by atoms with van der Waals surface area (Å²) in [6, 6.07) is 6.64. The summed E-state index contributed by atoms with van der Waals surface area (Å²) < 4.78 is 46.6. The number of halogens is 3. The van der Waals surface area contributed by atoms with Crippen molar-refractivity contribution in [2.75, 3.05) is 12.4 Å². The lowest BCUT2D eigenvalue weighted by atomic mass is 10.1. The van der Waals surface area contributed by atoms with E-state index in [2.05, 4.69) is 14.7 Å². The molecule has 0 saturated heterocycles. The van der Waals surface area contributed by atoms with E-state index in [9.17, 15) is 18.0 Å². The molecular formula is C14H13F3N2O3. The van der Waals surface area contributed by atoms with Gasteiger partial charge in [0.25, 0.3) is 0 Å². The first-order chi connectivity index (χ1) is 10.4. The summed E-state index contributed by atoms with van der Waals surface area (Å²) in [5.74, 6) is -0.523. The van der Waals surface area contributed by atoms with Crippen LogP contribution >= 0.6 is 0 Å². The average molecular weight is 314 g/mol. The van der Waals surface area contributed by atoms with Crippen LogP contribution in [0.25, 0.3) is 0 Å². The predicted molar refractivity (Wildman–Crippen MR) is 71.0 cm³/mol. The maximum atomic E-state index is 12.4. The molecule has 0 spiro atoms. The van der Waals surface area contributed by atoms with E-state index < -0.39 is 23.8 Å². The molecule has 0 aliphatic rings. The summed E-state index contributed by atoms with van der Waals surface area (Å²) in [6.07, 6.45) is -4.17. The highest BCUT2D eigenvalue weighted by atomic mass is 19.4. The summed E-state index contributed by atoms with van der Waals surface area (Å²) in [6.45, 7) is 0.407. The second-order valence-electron chi connectivity index (χ2n) is 4.51. The van der Waals surface area contributed by atoms with Gasteiger partial charge in [0, 0.05) is 7.11 Å². The van der Waals surface area contributed by atoms with Crippen LogP contribution in [0.4, 0.5) is 19.2 Å². The van der Waals surface area contributed by atoms with Gasteiger partial charge in [0.2, 0.25) is 5.91 Å². The number of nitrogens with zero attached hydrogens (tertiary/aromatic N) is 1. The smallest absolute Gasteiger partial charge is 0.431 e. The Kier molecular flexibility index (Phi) is 4.81. The summed E-state index contributed by atoms with van der Waals surface area (Å²) in [4.78, 5) is 15.0. The lowest BCUT2D eigenvalue weighted by molar-refractivity contribution is -0.141. The average Bonchev–Trinajstić information content (AvgIpc) is 2.87. The van der Waals surface area contributed by atoms with Crippen LogP contribution in [-0.4, -0.2) is 18.0 Å². The molecule has 0 aliphatic carbocycles. The number of anilines is 1. The maximum Gasteiger partial charge on any atom is 0.436 e. The Balaban J connectivity index is 1.98. The molecule has 0 unspecified atom stereocenters. The van der Waals surface area contributed by atoms with Crippen molar-refractivity contribution in [1.29, 1.82) is 0 Å². The Morgan fingerprint density at radius 1 is 1.36 bits per heavy atom. The summed E-state index contributed by atoms with van der Waals surface area (Å²) >= 11 is 0. The number of carbonyl (C=O) groups excluding carboxylic acids is 1. The van der Waals surface area contributed by atoms with Gasteiger partial charge in [-0.25, -0.2) is 0 Å². The number of carbonyl (C=O) groups is 1. The van der Waals surface area contributed by atoms with E-state index in [1.807, 2.05) is 6.07 Å². The Morgan fingerprint density at radius 2 is 2.09 bits per heavy atom. The van der Waals surface area contributed by atoms with E-state index in [0.29, 0.717) is 18.4 Å². The SMILES string of the molecule is COCc1cccc(CC(=O)Nc2nc(C(F)(F)F)co2)c1. The fourth-order valence-electron chi connectivity index (χ4n) is 1.81. The van der Waals surface area contributed by atoms with Gasteiger partial charge in [-0.15, -0.1) is 0 Å². The highest BCUT2D eigenvalue weighted by Gasteiger charge is 2.35. The topological polar surface area (TPSA) is 64.4 Å². The van der Waals surface area contributed by atoms with Gasteiger partial charge in [0.15, 0.2) is 5.69 Å². The minimum Gasteiger partial charge on any atom is -0.431 e. The number of aromatic nitrogens is 1. The van der Waals surface area contributed by atoms with Gasteiger partial charge >= 0.3 is 12.2 Å². The van der Waals surface area contributed by atoms with Crippen molar-refractivity contribution >= 4 is 11.9 Å². The zero-order valence-corrected chi connectivity index (χ0v) is 11.6. The van der Waals surface area contributed by atoms with Crippen LogP contribution in [0.3, 0.4) is 0 Å². The zero-order chi connectivity index (χ0) is 16.2. The first-order valence-corrected chi connectivity index (χ1v) is 6.28. The fourth-order valence-corrected chi connectivity index (χ4v) is 1.81. The van der Waals surface area contributed by atoms with Crippen LogP contribution in [0.1, 0.15) is 16.8 Å². The van der Waals surface area contributed by atoms with Gasteiger partial charge in [-0.05, 0) is 11.1 Å². The number of ether oxygens (including phenoxy) is 1. The van der Waals surface area contributed by atoms with Gasteiger partial charge in [-0.1, -0.05) is 24.3 Å². The number of hydrogen-bond donors (Lipinski definition) is 1. The molecule has 0 saturated carbocycles. The zero-order valence-electron chi connectivity index (χ0n) is 11.6. The summed E-state index contributed by atoms with van der Waals surface area (Å²) in [5.41, 5.74) is 0.405. The van der Waals surface area contributed by atoms with Crippen molar-refractivity contribution < 1.29 is 27.1 Å². The van der Waals surface area contributed by atoms with Crippen molar-refractivity contribution in [2.45, 2.75) is 19.2 Å². The van der Waals surface area contributed by atoms with Crippen LogP contribution in [0.2, 0.25) is 0 Å². The summed E-state index contributed by atoms with van der Waals surface area (Å²) in [5, 5.41) is 2.19. The number of amides is 1. The molecule has 1 heterocycles. The third-order valence-corrected chi connectivity index (χ3v) is 2.71. The van der Waals surface area contributed by atoms with Gasteiger partial charge in [0.05, 0.1) is 13.0 Å². The molecule has 0 bridgehead atoms. The Morgan fingerprint density at radius 3 is 2.73 bits per heavy atom. The number of methoxy groups -OCH3 is 1. The Labute approximate surface area is 124 Å². The molecule has 8 heteroatoms. The van der Waals surface area contributed by atoms with E-state index in [0.717, 1.165) is 5.56 Å². The van der Waals surface area contributed by atoms with Crippen LogP contribution < -0.4 is 5.32 Å². The second kappa shape index (κ2) is 6.61. The normalized spacial score (nSPS) is 11.5. The van der Waals surface area contributed by atoms with Crippen molar-refractivity contribution in [1.82, 2.24) is 4.98 Å². The van der Waals surface area contributed by atoms with Gasteiger partial charge < -0.3 is 9.15 Å². The van der Waals surface area contributed by atoms with Crippen molar-refractivity contribution in [3.63, 3.8) is 0 Å².